The minimum Gasteiger partial charge on any atom is -0.379 e. The molecule has 0 saturated carbocycles. The lowest BCUT2D eigenvalue weighted by molar-refractivity contribution is 0.0537. The number of rotatable bonds is 2. The normalized spacial score (nSPS) is 24.1. The summed E-state index contributed by atoms with van der Waals surface area (Å²) in [6.07, 6.45) is 1.28. The molecule has 1 aromatic heterocycles. The second kappa shape index (κ2) is 4.72. The van der Waals surface area contributed by atoms with Crippen molar-refractivity contribution >= 4 is 5.69 Å². The first-order valence-electron chi connectivity index (χ1n) is 5.49. The van der Waals surface area contributed by atoms with Gasteiger partial charge in [0.25, 0.3) is 11.9 Å². The molecule has 18 heavy (non-hydrogen) atoms. The molecule has 2 heterocycles. The molecule has 0 aromatic carbocycles. The van der Waals surface area contributed by atoms with Gasteiger partial charge in [-0.25, -0.2) is 0 Å². The van der Waals surface area contributed by atoms with Gasteiger partial charge in [-0.1, -0.05) is 0 Å². The maximum absolute atomic E-state index is 13.4. The highest BCUT2D eigenvalue weighted by Crippen LogP contribution is 2.29. The van der Waals surface area contributed by atoms with Crippen LogP contribution in [0.5, 0.6) is 0 Å². The summed E-state index contributed by atoms with van der Waals surface area (Å²) in [6, 6.07) is 0. The van der Waals surface area contributed by atoms with Crippen LogP contribution >= 0.6 is 0 Å². The van der Waals surface area contributed by atoms with Gasteiger partial charge >= 0.3 is 0 Å². The predicted octanol–water partition coefficient (Wildman–Crippen LogP) is 2.62. The molecule has 1 fully saturated rings. The zero-order valence-corrected chi connectivity index (χ0v) is 9.70. The molecule has 1 saturated heterocycles. The summed E-state index contributed by atoms with van der Waals surface area (Å²) in [7, 11) is 0. The van der Waals surface area contributed by atoms with Gasteiger partial charge in [-0.2, -0.15) is 22.5 Å². The number of aromatic nitrogens is 1. The van der Waals surface area contributed by atoms with Crippen molar-refractivity contribution in [3.63, 3.8) is 0 Å². The average Bonchev–Trinajstić information content (AvgIpc) is 2.33. The molecule has 100 valence electrons. The molecule has 1 N–H and O–H groups in total. The van der Waals surface area contributed by atoms with Crippen LogP contribution in [-0.2, 0) is 4.74 Å². The molecule has 0 spiro atoms. The van der Waals surface area contributed by atoms with Crippen LogP contribution in [0.1, 0.15) is 19.8 Å². The van der Waals surface area contributed by atoms with E-state index in [4.69, 9.17) is 4.74 Å². The van der Waals surface area contributed by atoms with Crippen LogP contribution in [-0.4, -0.2) is 23.7 Å². The average molecular weight is 264 g/mol. The third kappa shape index (κ3) is 2.40. The lowest BCUT2D eigenvalue weighted by Gasteiger charge is -2.35. The van der Waals surface area contributed by atoms with Crippen molar-refractivity contribution in [3.8, 4) is 0 Å². The minimum absolute atomic E-state index is 0.206. The zero-order valence-electron chi connectivity index (χ0n) is 9.70. The maximum atomic E-state index is 13.4. The first-order valence-corrected chi connectivity index (χ1v) is 5.49. The maximum Gasteiger partial charge on any atom is 0.253 e. The monoisotopic (exact) mass is 264 g/mol. The van der Waals surface area contributed by atoms with Gasteiger partial charge in [-0.15, -0.1) is 0 Å². The molecule has 2 rings (SSSR count). The topological polar surface area (TPSA) is 34.2 Å². The fraction of sp³-hybridized carbons (Fsp3) is 0.545. The quantitative estimate of drug-likeness (QED) is 0.658. The summed E-state index contributed by atoms with van der Waals surface area (Å²) in [5.41, 5.74) is -1.60. The number of pyridine rings is 1. The Morgan fingerprint density at radius 1 is 1.17 bits per heavy atom. The van der Waals surface area contributed by atoms with E-state index in [0.29, 0.717) is 19.4 Å². The predicted molar refractivity (Wildman–Crippen MR) is 56.1 cm³/mol. The summed E-state index contributed by atoms with van der Waals surface area (Å²) < 4.78 is 57.9. The summed E-state index contributed by atoms with van der Waals surface area (Å²) >= 11 is 0. The van der Waals surface area contributed by atoms with Crippen molar-refractivity contribution in [3.05, 3.63) is 23.5 Å². The number of anilines is 1. The van der Waals surface area contributed by atoms with Crippen molar-refractivity contribution in [2.45, 2.75) is 25.3 Å². The van der Waals surface area contributed by atoms with E-state index < -0.39 is 34.8 Å². The molecule has 0 aliphatic carbocycles. The number of hydrogen-bond donors (Lipinski definition) is 1. The highest BCUT2D eigenvalue weighted by molar-refractivity contribution is 5.47. The molecule has 1 unspecified atom stereocenters. The van der Waals surface area contributed by atoms with E-state index in [0.717, 1.165) is 0 Å². The van der Waals surface area contributed by atoms with Crippen LogP contribution in [0.15, 0.2) is 0 Å². The van der Waals surface area contributed by atoms with Gasteiger partial charge in [-0.3, -0.25) is 0 Å². The summed E-state index contributed by atoms with van der Waals surface area (Å²) in [4.78, 5) is 2.49. The largest absolute Gasteiger partial charge is 0.379 e. The lowest BCUT2D eigenvalue weighted by atomic mass is 9.94. The Balaban J connectivity index is 2.33. The Morgan fingerprint density at radius 2 is 1.78 bits per heavy atom. The van der Waals surface area contributed by atoms with E-state index >= 15 is 0 Å². The standard InChI is InChI=1S/C11H12F4N2O/c1-11(3-2-4-18-5-11)17-8-6(12)9(14)16-10(15)7(8)13/h2-5H2,1H3,(H,16,17). The molecular weight excluding hydrogens is 252 g/mol. The highest BCUT2D eigenvalue weighted by Gasteiger charge is 2.31. The molecule has 1 atom stereocenters. The van der Waals surface area contributed by atoms with Gasteiger partial charge in [0, 0.05) is 6.61 Å². The molecule has 1 aromatic rings. The van der Waals surface area contributed by atoms with Crippen molar-refractivity contribution in [1.29, 1.82) is 0 Å². The Bertz CT molecular complexity index is 435. The number of ether oxygens (including phenoxy) is 1. The summed E-state index contributed by atoms with van der Waals surface area (Å²) in [5, 5.41) is 2.48. The van der Waals surface area contributed by atoms with Gasteiger partial charge in [0.2, 0.25) is 11.6 Å². The molecule has 0 radical (unpaired) electrons. The van der Waals surface area contributed by atoms with E-state index in [-0.39, 0.29) is 6.61 Å². The number of nitrogens with zero attached hydrogens (tertiary/aromatic N) is 1. The second-order valence-electron chi connectivity index (χ2n) is 4.54. The molecule has 3 nitrogen and oxygen atoms in total. The van der Waals surface area contributed by atoms with Crippen LogP contribution in [0, 0.1) is 23.5 Å². The number of hydrogen-bond acceptors (Lipinski definition) is 3. The Morgan fingerprint density at radius 3 is 2.28 bits per heavy atom. The molecular formula is C11H12F4N2O. The SMILES string of the molecule is CC1(Nc2c(F)c(F)nc(F)c2F)CCCOC1. The molecule has 1 aliphatic rings. The van der Waals surface area contributed by atoms with Crippen LogP contribution in [0.4, 0.5) is 23.2 Å². The van der Waals surface area contributed by atoms with Gasteiger partial charge in [-0.05, 0) is 19.8 Å². The molecule has 1 aliphatic heterocycles. The van der Waals surface area contributed by atoms with E-state index in [1.54, 1.807) is 6.92 Å². The van der Waals surface area contributed by atoms with Gasteiger partial charge in [0.15, 0.2) is 0 Å². The third-order valence-corrected chi connectivity index (χ3v) is 2.86. The van der Waals surface area contributed by atoms with Crippen molar-refractivity contribution in [2.75, 3.05) is 18.5 Å². The fourth-order valence-electron chi connectivity index (χ4n) is 1.93. The van der Waals surface area contributed by atoms with E-state index in [2.05, 4.69) is 10.3 Å². The number of halogens is 4. The van der Waals surface area contributed by atoms with E-state index in [9.17, 15) is 17.6 Å². The molecule has 7 heteroatoms. The van der Waals surface area contributed by atoms with E-state index in [1.807, 2.05) is 0 Å². The Hall–Kier alpha value is -1.37. The molecule has 0 amide bonds. The second-order valence-corrected chi connectivity index (χ2v) is 4.54. The Kier molecular flexibility index (Phi) is 3.43. The van der Waals surface area contributed by atoms with Crippen molar-refractivity contribution in [2.24, 2.45) is 0 Å². The lowest BCUT2D eigenvalue weighted by Crippen LogP contribution is -2.43. The highest BCUT2D eigenvalue weighted by atomic mass is 19.2. The third-order valence-electron chi connectivity index (χ3n) is 2.86. The minimum atomic E-state index is -1.67. The number of nitrogens with one attached hydrogen (secondary N) is 1. The van der Waals surface area contributed by atoms with Crippen LogP contribution in [0.2, 0.25) is 0 Å². The van der Waals surface area contributed by atoms with Gasteiger partial charge in [0.1, 0.15) is 5.69 Å². The van der Waals surface area contributed by atoms with Gasteiger partial charge in [0.05, 0.1) is 12.1 Å². The van der Waals surface area contributed by atoms with Crippen LogP contribution in [0.3, 0.4) is 0 Å². The van der Waals surface area contributed by atoms with Crippen molar-refractivity contribution in [1.82, 2.24) is 4.98 Å². The summed E-state index contributed by atoms with van der Waals surface area (Å²) in [6.45, 7) is 2.43. The molecule has 0 bridgehead atoms. The first kappa shape index (κ1) is 13.1. The Labute approximate surface area is 101 Å². The first-order chi connectivity index (χ1) is 8.43. The van der Waals surface area contributed by atoms with E-state index in [1.165, 1.54) is 0 Å². The zero-order chi connectivity index (χ0) is 13.3. The smallest absolute Gasteiger partial charge is 0.253 e. The van der Waals surface area contributed by atoms with Crippen LogP contribution in [0.25, 0.3) is 0 Å². The van der Waals surface area contributed by atoms with Crippen molar-refractivity contribution < 1.29 is 22.3 Å². The summed E-state index contributed by atoms with van der Waals surface area (Å²) in [5.74, 6) is -6.39. The van der Waals surface area contributed by atoms with Gasteiger partial charge < -0.3 is 10.1 Å². The fourth-order valence-corrected chi connectivity index (χ4v) is 1.93. The van der Waals surface area contributed by atoms with Crippen LogP contribution < -0.4 is 5.32 Å².